The molecule has 1 amide bonds. The predicted octanol–water partition coefficient (Wildman–Crippen LogP) is 2.62. The van der Waals surface area contributed by atoms with E-state index in [2.05, 4.69) is 26.3 Å². The maximum Gasteiger partial charge on any atom is 0.243 e. The van der Waals surface area contributed by atoms with E-state index in [0.717, 1.165) is 18.5 Å². The molecule has 0 aromatic carbocycles. The van der Waals surface area contributed by atoms with Gasteiger partial charge in [-0.05, 0) is 37.8 Å². The van der Waals surface area contributed by atoms with Crippen LogP contribution in [-0.4, -0.2) is 38.8 Å². The number of pyridine rings is 1. The van der Waals surface area contributed by atoms with Crippen molar-refractivity contribution in [2.75, 3.05) is 18.4 Å². The van der Waals surface area contributed by atoms with E-state index in [-0.39, 0.29) is 11.8 Å². The van der Waals surface area contributed by atoms with Crippen molar-refractivity contribution in [3.8, 4) is 6.07 Å². The van der Waals surface area contributed by atoms with Crippen molar-refractivity contribution in [3.05, 3.63) is 42.5 Å². The average molecular weight is 348 g/mol. The summed E-state index contributed by atoms with van der Waals surface area (Å²) < 4.78 is 0. The first kappa shape index (κ1) is 16.5. The average Bonchev–Trinajstić information content (AvgIpc) is 3.50. The summed E-state index contributed by atoms with van der Waals surface area (Å²) in [5, 5.41) is 12.5. The molecule has 132 valence electrons. The molecule has 1 saturated carbocycles. The zero-order valence-corrected chi connectivity index (χ0v) is 14.4. The van der Waals surface area contributed by atoms with Crippen LogP contribution in [0.2, 0.25) is 0 Å². The van der Waals surface area contributed by atoms with Gasteiger partial charge in [-0.2, -0.15) is 5.26 Å². The largest absolute Gasteiger partial charge is 0.341 e. The van der Waals surface area contributed by atoms with E-state index in [0.29, 0.717) is 37.6 Å². The lowest BCUT2D eigenvalue weighted by Crippen LogP contribution is -2.43. The molecule has 0 spiro atoms. The van der Waals surface area contributed by atoms with Crippen LogP contribution in [0.5, 0.6) is 0 Å². The monoisotopic (exact) mass is 348 g/mol. The SMILES string of the molecule is N#CC1(C(=O)N2CCCC(c3nccnc3Nc3ccccn3)C2)CC1. The smallest absolute Gasteiger partial charge is 0.243 e. The zero-order chi connectivity index (χ0) is 18.0. The summed E-state index contributed by atoms with van der Waals surface area (Å²) in [5.41, 5.74) is 0.0803. The number of hydrogen-bond donors (Lipinski definition) is 1. The molecule has 7 heteroatoms. The molecule has 1 saturated heterocycles. The lowest BCUT2D eigenvalue weighted by molar-refractivity contribution is -0.136. The van der Waals surface area contributed by atoms with Crippen molar-refractivity contribution in [1.82, 2.24) is 19.9 Å². The van der Waals surface area contributed by atoms with E-state index in [1.54, 1.807) is 18.6 Å². The van der Waals surface area contributed by atoms with E-state index < -0.39 is 5.41 Å². The number of nitrogens with zero attached hydrogens (tertiary/aromatic N) is 5. The molecular formula is C19H20N6O. The van der Waals surface area contributed by atoms with Crippen LogP contribution in [0.1, 0.15) is 37.3 Å². The lowest BCUT2D eigenvalue weighted by atomic mass is 9.93. The van der Waals surface area contributed by atoms with E-state index in [9.17, 15) is 10.1 Å². The van der Waals surface area contributed by atoms with Crippen LogP contribution in [-0.2, 0) is 4.79 Å². The van der Waals surface area contributed by atoms with Crippen molar-refractivity contribution < 1.29 is 4.79 Å². The topological polar surface area (TPSA) is 94.8 Å². The van der Waals surface area contributed by atoms with Crippen LogP contribution in [0.15, 0.2) is 36.8 Å². The minimum Gasteiger partial charge on any atom is -0.341 e. The van der Waals surface area contributed by atoms with Crippen molar-refractivity contribution in [2.24, 2.45) is 5.41 Å². The molecule has 7 nitrogen and oxygen atoms in total. The van der Waals surface area contributed by atoms with Gasteiger partial charge in [0, 0.05) is 37.6 Å². The number of aromatic nitrogens is 3. The zero-order valence-electron chi connectivity index (χ0n) is 14.4. The van der Waals surface area contributed by atoms with Crippen LogP contribution >= 0.6 is 0 Å². The summed E-state index contributed by atoms with van der Waals surface area (Å²) in [7, 11) is 0. The second-order valence-electron chi connectivity index (χ2n) is 6.91. The molecule has 1 N–H and O–H groups in total. The van der Waals surface area contributed by atoms with Crippen molar-refractivity contribution in [1.29, 1.82) is 5.26 Å². The van der Waals surface area contributed by atoms with Gasteiger partial charge in [0.2, 0.25) is 5.91 Å². The predicted molar refractivity (Wildman–Crippen MR) is 95.4 cm³/mol. The Morgan fingerprint density at radius 3 is 2.81 bits per heavy atom. The van der Waals surface area contributed by atoms with Gasteiger partial charge in [0.25, 0.3) is 0 Å². The number of amides is 1. The molecule has 3 heterocycles. The highest BCUT2D eigenvalue weighted by Crippen LogP contribution is 2.47. The standard InChI is InChI=1S/C19H20N6O/c20-13-19(6-7-19)18(26)25-11-3-4-14(12-25)16-17(23-10-9-22-16)24-15-5-1-2-8-21-15/h1-2,5,8-10,14H,3-4,6-7,11-12H2,(H,21,23,24). The minimum atomic E-state index is -0.765. The second kappa shape index (κ2) is 6.71. The Kier molecular flexibility index (Phi) is 4.25. The van der Waals surface area contributed by atoms with Gasteiger partial charge in [-0.15, -0.1) is 0 Å². The molecule has 2 fully saturated rings. The molecule has 0 bridgehead atoms. The molecule has 26 heavy (non-hydrogen) atoms. The lowest BCUT2D eigenvalue weighted by Gasteiger charge is -2.34. The fourth-order valence-corrected chi connectivity index (χ4v) is 3.49. The quantitative estimate of drug-likeness (QED) is 0.912. The van der Waals surface area contributed by atoms with Gasteiger partial charge in [-0.3, -0.25) is 9.78 Å². The first-order chi connectivity index (χ1) is 12.7. The van der Waals surface area contributed by atoms with Crippen molar-refractivity contribution in [2.45, 2.75) is 31.6 Å². The highest BCUT2D eigenvalue weighted by atomic mass is 16.2. The number of likely N-dealkylation sites (tertiary alicyclic amines) is 1. The van der Waals surface area contributed by atoms with E-state index in [4.69, 9.17) is 0 Å². The third-order valence-electron chi connectivity index (χ3n) is 5.11. The number of piperidine rings is 1. The molecule has 1 unspecified atom stereocenters. The molecule has 2 aliphatic rings. The Balaban J connectivity index is 1.54. The maximum absolute atomic E-state index is 12.7. The number of nitriles is 1. The van der Waals surface area contributed by atoms with Gasteiger partial charge in [0.05, 0.1) is 11.8 Å². The first-order valence-corrected chi connectivity index (χ1v) is 8.91. The van der Waals surface area contributed by atoms with Gasteiger partial charge in [-0.1, -0.05) is 6.07 Å². The van der Waals surface area contributed by atoms with Gasteiger partial charge in [-0.25, -0.2) is 9.97 Å². The summed E-state index contributed by atoms with van der Waals surface area (Å²) >= 11 is 0. The number of hydrogen-bond acceptors (Lipinski definition) is 6. The number of rotatable bonds is 4. The normalized spacial score (nSPS) is 20.9. The summed E-state index contributed by atoms with van der Waals surface area (Å²) in [6.45, 7) is 1.29. The van der Waals surface area contributed by atoms with E-state index in [1.807, 2.05) is 23.1 Å². The van der Waals surface area contributed by atoms with Crippen LogP contribution in [0.4, 0.5) is 11.6 Å². The Morgan fingerprint density at radius 1 is 1.23 bits per heavy atom. The van der Waals surface area contributed by atoms with E-state index in [1.165, 1.54) is 0 Å². The van der Waals surface area contributed by atoms with Crippen LogP contribution in [0, 0.1) is 16.7 Å². The van der Waals surface area contributed by atoms with Crippen LogP contribution in [0.3, 0.4) is 0 Å². The van der Waals surface area contributed by atoms with Crippen molar-refractivity contribution in [3.63, 3.8) is 0 Å². The minimum absolute atomic E-state index is 0.0205. The summed E-state index contributed by atoms with van der Waals surface area (Å²) in [6.07, 6.45) is 8.25. The molecule has 2 aromatic rings. The number of carbonyl (C=O) groups is 1. The van der Waals surface area contributed by atoms with Crippen LogP contribution in [0.25, 0.3) is 0 Å². The van der Waals surface area contributed by atoms with Gasteiger partial charge in [0.1, 0.15) is 11.2 Å². The number of carbonyl (C=O) groups excluding carboxylic acids is 1. The number of nitrogens with one attached hydrogen (secondary N) is 1. The second-order valence-corrected chi connectivity index (χ2v) is 6.91. The Morgan fingerprint density at radius 2 is 2.08 bits per heavy atom. The molecule has 2 aromatic heterocycles. The Labute approximate surface area is 152 Å². The van der Waals surface area contributed by atoms with Gasteiger partial charge < -0.3 is 10.2 Å². The first-order valence-electron chi connectivity index (χ1n) is 8.91. The summed E-state index contributed by atoms with van der Waals surface area (Å²) in [4.78, 5) is 27.8. The maximum atomic E-state index is 12.7. The third-order valence-corrected chi connectivity index (χ3v) is 5.11. The summed E-state index contributed by atoms with van der Waals surface area (Å²) in [6, 6.07) is 7.85. The third kappa shape index (κ3) is 3.10. The highest BCUT2D eigenvalue weighted by Gasteiger charge is 2.53. The fourth-order valence-electron chi connectivity index (χ4n) is 3.49. The fraction of sp³-hybridized carbons (Fsp3) is 0.421. The highest BCUT2D eigenvalue weighted by molar-refractivity contribution is 5.88. The molecule has 0 radical (unpaired) electrons. The van der Waals surface area contributed by atoms with Crippen molar-refractivity contribution >= 4 is 17.5 Å². The Hall–Kier alpha value is -3.01. The summed E-state index contributed by atoms with van der Waals surface area (Å²) in [5.74, 6) is 1.46. The molecule has 1 aliphatic heterocycles. The van der Waals surface area contributed by atoms with Gasteiger partial charge in [0.15, 0.2) is 5.82 Å². The molecule has 1 aliphatic carbocycles. The Bertz CT molecular complexity index is 843. The molecule has 4 rings (SSSR count). The number of anilines is 2. The van der Waals surface area contributed by atoms with E-state index >= 15 is 0 Å². The van der Waals surface area contributed by atoms with Gasteiger partial charge >= 0.3 is 0 Å². The molecule has 1 atom stereocenters. The molecular weight excluding hydrogens is 328 g/mol. The van der Waals surface area contributed by atoms with Crippen LogP contribution < -0.4 is 5.32 Å².